The van der Waals surface area contributed by atoms with Crippen LogP contribution in [0.2, 0.25) is 0 Å². The molecule has 0 saturated carbocycles. The zero-order chi connectivity index (χ0) is 13.0. The number of hydrogen-bond donors (Lipinski definition) is 2. The molecule has 0 aromatic carbocycles. The second-order valence-corrected chi connectivity index (χ2v) is 4.17. The minimum absolute atomic E-state index is 0.0496. The topological polar surface area (TPSA) is 97.2 Å². The van der Waals surface area contributed by atoms with Crippen molar-refractivity contribution in [3.8, 4) is 5.88 Å². The Balaban J connectivity index is 1.99. The van der Waals surface area contributed by atoms with Gasteiger partial charge in [0.05, 0.1) is 26.0 Å². The van der Waals surface area contributed by atoms with E-state index in [-0.39, 0.29) is 5.69 Å². The molecule has 0 amide bonds. The summed E-state index contributed by atoms with van der Waals surface area (Å²) in [5.74, 6) is -0.0783. The molecular formula is C10H10N4O3S. The highest BCUT2D eigenvalue weighted by Gasteiger charge is 2.08. The molecule has 0 fully saturated rings. The maximum absolute atomic E-state index is 10.7. The summed E-state index contributed by atoms with van der Waals surface area (Å²) < 4.78 is 4.94. The highest BCUT2D eigenvalue weighted by atomic mass is 32.1. The molecule has 0 bridgehead atoms. The van der Waals surface area contributed by atoms with E-state index in [4.69, 9.17) is 9.84 Å². The number of nitrogens with one attached hydrogen (secondary N) is 1. The summed E-state index contributed by atoms with van der Waals surface area (Å²) in [4.78, 5) is 22.7. The van der Waals surface area contributed by atoms with E-state index in [1.165, 1.54) is 30.0 Å². The lowest BCUT2D eigenvalue weighted by molar-refractivity contribution is 0.0691. The number of hydrogen-bond acceptors (Lipinski definition) is 7. The van der Waals surface area contributed by atoms with Crippen LogP contribution in [0.5, 0.6) is 5.88 Å². The first kappa shape index (κ1) is 12.2. The zero-order valence-corrected chi connectivity index (χ0v) is 10.3. The smallest absolute Gasteiger partial charge is 0.355 e. The van der Waals surface area contributed by atoms with E-state index >= 15 is 0 Å². The van der Waals surface area contributed by atoms with Crippen LogP contribution in [0.3, 0.4) is 0 Å². The average molecular weight is 266 g/mol. The number of anilines is 1. The summed E-state index contributed by atoms with van der Waals surface area (Å²) in [6, 6.07) is 0. The zero-order valence-electron chi connectivity index (χ0n) is 9.45. The van der Waals surface area contributed by atoms with Crippen molar-refractivity contribution in [3.05, 3.63) is 28.5 Å². The van der Waals surface area contributed by atoms with Gasteiger partial charge in [0.2, 0.25) is 5.88 Å². The fourth-order valence-electron chi connectivity index (χ4n) is 1.19. The normalized spacial score (nSPS) is 10.1. The lowest BCUT2D eigenvalue weighted by Gasteiger charge is -2.04. The highest BCUT2D eigenvalue weighted by Crippen LogP contribution is 2.13. The van der Waals surface area contributed by atoms with E-state index in [1.807, 2.05) is 0 Å². The van der Waals surface area contributed by atoms with Crippen LogP contribution in [0.4, 0.5) is 5.82 Å². The van der Waals surface area contributed by atoms with Gasteiger partial charge < -0.3 is 15.2 Å². The third kappa shape index (κ3) is 2.92. The highest BCUT2D eigenvalue weighted by molar-refractivity contribution is 7.09. The second-order valence-electron chi connectivity index (χ2n) is 3.23. The van der Waals surface area contributed by atoms with Gasteiger partial charge in [-0.15, -0.1) is 11.3 Å². The largest absolute Gasteiger partial charge is 0.480 e. The molecule has 0 aliphatic carbocycles. The predicted molar refractivity (Wildman–Crippen MR) is 65.0 cm³/mol. The Morgan fingerprint density at radius 3 is 3.00 bits per heavy atom. The number of aromatic carboxylic acids is 1. The Morgan fingerprint density at radius 2 is 2.33 bits per heavy atom. The SMILES string of the molecule is COc1cncc(NCc2nc(C(=O)O)cs2)n1. The summed E-state index contributed by atoms with van der Waals surface area (Å²) in [7, 11) is 1.51. The van der Waals surface area contributed by atoms with Gasteiger partial charge >= 0.3 is 5.97 Å². The minimum Gasteiger partial charge on any atom is -0.480 e. The molecule has 18 heavy (non-hydrogen) atoms. The van der Waals surface area contributed by atoms with E-state index in [1.54, 1.807) is 6.20 Å². The van der Waals surface area contributed by atoms with E-state index < -0.39 is 5.97 Å². The van der Waals surface area contributed by atoms with Crippen LogP contribution < -0.4 is 10.1 Å². The summed E-state index contributed by atoms with van der Waals surface area (Å²) in [6.45, 7) is 0.389. The number of carboxylic acids is 1. The number of methoxy groups -OCH3 is 1. The lowest BCUT2D eigenvalue weighted by Crippen LogP contribution is -2.03. The van der Waals surface area contributed by atoms with Gasteiger partial charge in [-0.05, 0) is 0 Å². The number of rotatable bonds is 5. The van der Waals surface area contributed by atoms with Gasteiger partial charge in [-0.25, -0.2) is 9.78 Å². The maximum atomic E-state index is 10.7. The Morgan fingerprint density at radius 1 is 1.50 bits per heavy atom. The Labute approximate surface area is 107 Å². The van der Waals surface area contributed by atoms with E-state index in [2.05, 4.69) is 20.3 Å². The van der Waals surface area contributed by atoms with Gasteiger partial charge in [-0.3, -0.25) is 4.98 Å². The van der Waals surface area contributed by atoms with Crippen molar-refractivity contribution in [2.45, 2.75) is 6.54 Å². The van der Waals surface area contributed by atoms with Crippen LogP contribution in [0, 0.1) is 0 Å². The van der Waals surface area contributed by atoms with E-state index in [9.17, 15) is 4.79 Å². The average Bonchev–Trinajstić information content (AvgIpc) is 2.85. The number of nitrogens with zero attached hydrogens (tertiary/aromatic N) is 3. The molecule has 0 aliphatic rings. The van der Waals surface area contributed by atoms with Crippen molar-refractivity contribution in [2.75, 3.05) is 12.4 Å². The van der Waals surface area contributed by atoms with Crippen LogP contribution in [0.1, 0.15) is 15.5 Å². The number of aromatic nitrogens is 3. The Kier molecular flexibility index (Phi) is 3.68. The van der Waals surface area contributed by atoms with Crippen LogP contribution in [0.15, 0.2) is 17.8 Å². The molecule has 0 radical (unpaired) electrons. The molecule has 2 rings (SSSR count). The molecule has 0 atom stereocenters. The molecule has 0 spiro atoms. The molecule has 7 nitrogen and oxygen atoms in total. The fourth-order valence-corrected chi connectivity index (χ4v) is 1.90. The molecule has 2 aromatic rings. The molecule has 8 heteroatoms. The maximum Gasteiger partial charge on any atom is 0.355 e. The first-order chi connectivity index (χ1) is 8.69. The van der Waals surface area contributed by atoms with Gasteiger partial charge in [-0.2, -0.15) is 4.98 Å². The van der Waals surface area contributed by atoms with Gasteiger partial charge in [0, 0.05) is 5.38 Å². The number of thiazole rings is 1. The number of carbonyl (C=O) groups is 1. The van der Waals surface area contributed by atoms with E-state index in [0.29, 0.717) is 23.3 Å². The molecule has 2 heterocycles. The van der Waals surface area contributed by atoms with Crippen molar-refractivity contribution < 1.29 is 14.6 Å². The molecule has 94 valence electrons. The predicted octanol–water partition coefficient (Wildman–Crippen LogP) is 1.25. The van der Waals surface area contributed by atoms with Crippen LogP contribution in [-0.2, 0) is 6.54 Å². The van der Waals surface area contributed by atoms with Crippen LogP contribution in [0.25, 0.3) is 0 Å². The summed E-state index contributed by atoms with van der Waals surface area (Å²) >= 11 is 1.27. The van der Waals surface area contributed by atoms with Gasteiger partial charge in [0.25, 0.3) is 0 Å². The van der Waals surface area contributed by atoms with Crippen LogP contribution >= 0.6 is 11.3 Å². The molecule has 0 unspecified atom stereocenters. The van der Waals surface area contributed by atoms with Crippen molar-refractivity contribution >= 4 is 23.1 Å². The fraction of sp³-hybridized carbons (Fsp3) is 0.200. The molecule has 0 aliphatic heterocycles. The van der Waals surface area contributed by atoms with Crippen molar-refractivity contribution in [3.63, 3.8) is 0 Å². The molecule has 0 saturated heterocycles. The summed E-state index contributed by atoms with van der Waals surface area (Å²) in [5.41, 5.74) is 0.0496. The summed E-state index contributed by atoms with van der Waals surface area (Å²) in [5, 5.41) is 13.9. The number of ether oxygens (including phenoxy) is 1. The molecule has 2 aromatic heterocycles. The van der Waals surface area contributed by atoms with E-state index in [0.717, 1.165) is 0 Å². The molecule has 2 N–H and O–H groups in total. The Hall–Kier alpha value is -2.22. The first-order valence-corrected chi connectivity index (χ1v) is 5.84. The molecular weight excluding hydrogens is 256 g/mol. The third-order valence-corrected chi connectivity index (χ3v) is 2.86. The van der Waals surface area contributed by atoms with Crippen molar-refractivity contribution in [1.29, 1.82) is 0 Å². The minimum atomic E-state index is -1.03. The van der Waals surface area contributed by atoms with Gasteiger partial charge in [-0.1, -0.05) is 0 Å². The standard InChI is InChI=1S/C10H10N4O3S/c1-17-8-3-11-2-7(14-8)12-4-9-13-6(5-18-9)10(15)16/h2-3,5H,4H2,1H3,(H,12,14)(H,15,16). The van der Waals surface area contributed by atoms with Crippen molar-refractivity contribution in [1.82, 2.24) is 15.0 Å². The Bertz CT molecular complexity index is 558. The number of carboxylic acid groups (broad SMARTS) is 1. The van der Waals surface area contributed by atoms with Gasteiger partial charge in [0.1, 0.15) is 10.8 Å². The summed E-state index contributed by atoms with van der Waals surface area (Å²) in [6.07, 6.45) is 3.05. The monoisotopic (exact) mass is 266 g/mol. The third-order valence-electron chi connectivity index (χ3n) is 2.01. The van der Waals surface area contributed by atoms with Gasteiger partial charge in [0.15, 0.2) is 5.69 Å². The quantitative estimate of drug-likeness (QED) is 0.840. The van der Waals surface area contributed by atoms with Crippen molar-refractivity contribution in [2.24, 2.45) is 0 Å². The van der Waals surface area contributed by atoms with Crippen LogP contribution in [-0.4, -0.2) is 33.1 Å². The second kappa shape index (κ2) is 5.41. The first-order valence-electron chi connectivity index (χ1n) is 4.96. The lowest BCUT2D eigenvalue weighted by atomic mass is 10.5.